The maximum atomic E-state index is 4.43. The zero-order valence-electron chi connectivity index (χ0n) is 15.9. The van der Waals surface area contributed by atoms with E-state index < -0.39 is 0 Å². The van der Waals surface area contributed by atoms with Gasteiger partial charge in [0.15, 0.2) is 0 Å². The first-order chi connectivity index (χ1) is 13.1. The summed E-state index contributed by atoms with van der Waals surface area (Å²) in [5, 5.41) is 0. The van der Waals surface area contributed by atoms with E-state index in [4.69, 9.17) is 0 Å². The van der Waals surface area contributed by atoms with Crippen molar-refractivity contribution in [3.63, 3.8) is 0 Å². The number of nitrogens with zero attached hydrogens (tertiary/aromatic N) is 3. The predicted octanol–water partition coefficient (Wildman–Crippen LogP) is 3.55. The summed E-state index contributed by atoms with van der Waals surface area (Å²) < 4.78 is 0. The number of aromatic nitrogens is 6. The first-order valence-corrected chi connectivity index (χ1v) is 9.18. The molecule has 0 amide bonds. The second kappa shape index (κ2) is 7.23. The van der Waals surface area contributed by atoms with Crippen molar-refractivity contribution in [2.45, 2.75) is 40.0 Å². The Hall–Kier alpha value is -3.15. The van der Waals surface area contributed by atoms with Gasteiger partial charge in [0.25, 0.3) is 0 Å². The molecule has 138 valence electrons. The van der Waals surface area contributed by atoms with Crippen LogP contribution in [0.3, 0.4) is 0 Å². The summed E-state index contributed by atoms with van der Waals surface area (Å²) >= 11 is 0. The zero-order valence-corrected chi connectivity index (χ0v) is 15.9. The summed E-state index contributed by atoms with van der Waals surface area (Å²) in [6, 6.07) is 0. The normalized spacial score (nSPS) is 11.2. The number of rotatable bonds is 6. The van der Waals surface area contributed by atoms with E-state index >= 15 is 0 Å². The largest absolute Gasteiger partial charge is 0.348 e. The van der Waals surface area contributed by atoms with E-state index in [-0.39, 0.29) is 0 Å². The van der Waals surface area contributed by atoms with Crippen LogP contribution < -0.4 is 0 Å². The summed E-state index contributed by atoms with van der Waals surface area (Å²) in [7, 11) is 0. The van der Waals surface area contributed by atoms with E-state index in [0.717, 1.165) is 36.7 Å². The Bertz CT molecular complexity index is 857. The summed E-state index contributed by atoms with van der Waals surface area (Å²) in [5.41, 5.74) is 7.96. The van der Waals surface area contributed by atoms with Crippen LogP contribution in [-0.4, -0.2) is 29.9 Å². The van der Waals surface area contributed by atoms with Gasteiger partial charge in [0.05, 0.1) is 0 Å². The minimum absolute atomic E-state index is 0.793. The van der Waals surface area contributed by atoms with Gasteiger partial charge in [-0.25, -0.2) is 15.0 Å². The lowest BCUT2D eigenvalue weighted by Crippen LogP contribution is -2.10. The smallest absolute Gasteiger partial charge is 0.110 e. The molecule has 0 aliphatic rings. The zero-order chi connectivity index (χ0) is 18.8. The molecule has 0 saturated carbocycles. The van der Waals surface area contributed by atoms with Gasteiger partial charge in [-0.15, -0.1) is 0 Å². The fourth-order valence-electron chi connectivity index (χ4n) is 3.87. The third-order valence-electron chi connectivity index (χ3n) is 5.41. The van der Waals surface area contributed by atoms with Crippen molar-refractivity contribution in [3.05, 3.63) is 88.0 Å². The van der Waals surface area contributed by atoms with Gasteiger partial charge < -0.3 is 15.0 Å². The predicted molar refractivity (Wildman–Crippen MR) is 105 cm³/mol. The maximum Gasteiger partial charge on any atom is 0.110 e. The van der Waals surface area contributed by atoms with E-state index in [2.05, 4.69) is 50.7 Å². The molecule has 27 heavy (non-hydrogen) atoms. The van der Waals surface area contributed by atoms with E-state index in [0.29, 0.717) is 0 Å². The van der Waals surface area contributed by atoms with Gasteiger partial charge in [-0.05, 0) is 54.2 Å². The second-order valence-corrected chi connectivity index (χ2v) is 6.95. The molecular weight excluding hydrogens is 336 g/mol. The van der Waals surface area contributed by atoms with E-state index in [1.165, 1.54) is 33.4 Å². The summed E-state index contributed by atoms with van der Waals surface area (Å²) in [6.45, 7) is 6.65. The molecule has 0 aliphatic heterocycles. The summed E-state index contributed by atoms with van der Waals surface area (Å²) in [5.74, 6) is 2.95. The van der Waals surface area contributed by atoms with Crippen LogP contribution in [0.5, 0.6) is 0 Å². The topological polar surface area (TPSA) is 86.0 Å². The highest BCUT2D eigenvalue weighted by Crippen LogP contribution is 2.31. The SMILES string of the molecule is Cc1c(Cc2ncc[nH]2)c(C)c(Cc2ncc[nH]2)c(C)c1Cc1ncc[nH]1. The van der Waals surface area contributed by atoms with Crippen molar-refractivity contribution < 1.29 is 0 Å². The molecular formula is C21H24N6. The molecule has 0 atom stereocenters. The number of nitrogens with one attached hydrogen (secondary N) is 3. The van der Waals surface area contributed by atoms with Crippen LogP contribution in [0.1, 0.15) is 50.9 Å². The Morgan fingerprint density at radius 1 is 0.556 bits per heavy atom. The van der Waals surface area contributed by atoms with Crippen molar-refractivity contribution in [1.82, 2.24) is 29.9 Å². The molecule has 0 saturated heterocycles. The van der Waals surface area contributed by atoms with Gasteiger partial charge in [-0.1, -0.05) is 0 Å². The minimum atomic E-state index is 0.793. The fraction of sp³-hybridized carbons (Fsp3) is 0.286. The monoisotopic (exact) mass is 360 g/mol. The lowest BCUT2D eigenvalue weighted by Gasteiger charge is -2.21. The van der Waals surface area contributed by atoms with Crippen LogP contribution in [0, 0.1) is 20.8 Å². The van der Waals surface area contributed by atoms with Crippen LogP contribution in [0.15, 0.2) is 37.2 Å². The van der Waals surface area contributed by atoms with Gasteiger partial charge in [0, 0.05) is 56.4 Å². The molecule has 0 bridgehead atoms. The third-order valence-corrected chi connectivity index (χ3v) is 5.41. The molecule has 3 aromatic heterocycles. The lowest BCUT2D eigenvalue weighted by molar-refractivity contribution is 0.923. The highest BCUT2D eigenvalue weighted by atomic mass is 14.9. The number of aromatic amines is 3. The van der Waals surface area contributed by atoms with Gasteiger partial charge in [0.2, 0.25) is 0 Å². The Kier molecular flexibility index (Phi) is 4.62. The fourth-order valence-corrected chi connectivity index (χ4v) is 3.87. The Morgan fingerprint density at radius 2 is 0.852 bits per heavy atom. The third kappa shape index (κ3) is 3.43. The molecule has 3 N–H and O–H groups in total. The van der Waals surface area contributed by atoms with E-state index in [1.807, 2.05) is 37.2 Å². The number of hydrogen-bond acceptors (Lipinski definition) is 3. The molecule has 0 aliphatic carbocycles. The average Bonchev–Trinajstić information content (AvgIpc) is 3.43. The van der Waals surface area contributed by atoms with Crippen LogP contribution in [0.2, 0.25) is 0 Å². The first-order valence-electron chi connectivity index (χ1n) is 9.18. The molecule has 0 radical (unpaired) electrons. The van der Waals surface area contributed by atoms with Crippen molar-refractivity contribution in [2.24, 2.45) is 0 Å². The minimum Gasteiger partial charge on any atom is -0.348 e. The molecule has 0 unspecified atom stereocenters. The number of imidazole rings is 3. The highest BCUT2D eigenvalue weighted by Gasteiger charge is 2.19. The summed E-state index contributed by atoms with van der Waals surface area (Å²) in [6.07, 6.45) is 13.4. The Labute approximate surface area is 158 Å². The quantitative estimate of drug-likeness (QED) is 0.491. The van der Waals surface area contributed by atoms with Crippen LogP contribution in [0.25, 0.3) is 0 Å². The Balaban J connectivity index is 1.83. The molecule has 0 spiro atoms. The van der Waals surface area contributed by atoms with Gasteiger partial charge >= 0.3 is 0 Å². The number of benzene rings is 1. The maximum absolute atomic E-state index is 4.43. The van der Waals surface area contributed by atoms with Crippen LogP contribution in [-0.2, 0) is 19.3 Å². The highest BCUT2D eigenvalue weighted by molar-refractivity contribution is 5.53. The van der Waals surface area contributed by atoms with Crippen molar-refractivity contribution in [2.75, 3.05) is 0 Å². The van der Waals surface area contributed by atoms with Crippen molar-refractivity contribution in [3.8, 4) is 0 Å². The number of hydrogen-bond donors (Lipinski definition) is 3. The van der Waals surface area contributed by atoms with Gasteiger partial charge in [0.1, 0.15) is 17.5 Å². The molecule has 0 fully saturated rings. The van der Waals surface area contributed by atoms with Crippen LogP contribution >= 0.6 is 0 Å². The molecule has 4 rings (SSSR count). The number of H-pyrrole nitrogens is 3. The molecule has 4 aromatic rings. The Morgan fingerprint density at radius 3 is 1.07 bits per heavy atom. The molecule has 6 nitrogen and oxygen atoms in total. The average molecular weight is 360 g/mol. The van der Waals surface area contributed by atoms with Crippen molar-refractivity contribution >= 4 is 0 Å². The standard InChI is InChI=1S/C21H24N6/c1-13-16(10-19-22-4-5-23-19)14(2)18(12-21-26-8-9-27-21)15(3)17(13)11-20-24-6-7-25-20/h4-9H,10-12H2,1-3H3,(H,22,23)(H,24,25)(H,26,27). The van der Waals surface area contributed by atoms with Gasteiger partial charge in [-0.3, -0.25) is 0 Å². The molecule has 3 heterocycles. The van der Waals surface area contributed by atoms with Crippen LogP contribution in [0.4, 0.5) is 0 Å². The molecule has 6 heteroatoms. The molecule has 1 aromatic carbocycles. The second-order valence-electron chi connectivity index (χ2n) is 6.95. The first kappa shape index (κ1) is 17.3. The van der Waals surface area contributed by atoms with Gasteiger partial charge in [-0.2, -0.15) is 0 Å². The summed E-state index contributed by atoms with van der Waals surface area (Å²) in [4.78, 5) is 23.0. The van der Waals surface area contributed by atoms with Crippen molar-refractivity contribution in [1.29, 1.82) is 0 Å². The lowest BCUT2D eigenvalue weighted by atomic mass is 9.84. The van der Waals surface area contributed by atoms with E-state index in [9.17, 15) is 0 Å². The van der Waals surface area contributed by atoms with E-state index in [1.54, 1.807) is 0 Å².